The Morgan fingerprint density at radius 2 is 1.64 bits per heavy atom. The monoisotopic (exact) mass is 592 g/mol. The number of carbonyl (C=O) groups excluding carboxylic acids is 2. The van der Waals surface area contributed by atoms with E-state index in [1.54, 1.807) is 13.0 Å². The van der Waals surface area contributed by atoms with Gasteiger partial charge in [0.1, 0.15) is 11.3 Å². The fourth-order valence-corrected chi connectivity index (χ4v) is 6.82. The number of nitrogens with zero attached hydrogens (tertiary/aromatic N) is 2. The first kappa shape index (κ1) is 30.3. The van der Waals surface area contributed by atoms with Crippen LogP contribution in [-0.4, -0.2) is 44.7 Å². The minimum atomic E-state index is -0.780. The lowest BCUT2D eigenvalue weighted by molar-refractivity contribution is -0.151. The van der Waals surface area contributed by atoms with Gasteiger partial charge in [0.2, 0.25) is 0 Å². The number of ketones is 1. The zero-order valence-electron chi connectivity index (χ0n) is 25.4. The molecule has 0 radical (unpaired) electrons. The lowest BCUT2D eigenvalue weighted by Gasteiger charge is -2.46. The highest BCUT2D eigenvalue weighted by Crippen LogP contribution is 2.43. The molecule has 224 valence electrons. The van der Waals surface area contributed by atoms with Crippen molar-refractivity contribution < 1.29 is 23.9 Å². The van der Waals surface area contributed by atoms with Crippen molar-refractivity contribution in [3.05, 3.63) is 52.7 Å². The van der Waals surface area contributed by atoms with Crippen LogP contribution >= 0.6 is 11.6 Å². The third-order valence-corrected chi connectivity index (χ3v) is 9.72. The number of carboxylic acid groups (broad SMARTS) is 1. The number of likely N-dealkylation sites (tertiary alicyclic amines) is 1. The van der Waals surface area contributed by atoms with Gasteiger partial charge in [-0.3, -0.25) is 14.4 Å². The van der Waals surface area contributed by atoms with Crippen molar-refractivity contribution in [2.45, 2.75) is 91.0 Å². The molecule has 1 saturated heterocycles. The van der Waals surface area contributed by atoms with Gasteiger partial charge in [-0.15, -0.1) is 0 Å². The highest BCUT2D eigenvalue weighted by atomic mass is 35.5. The van der Waals surface area contributed by atoms with Crippen molar-refractivity contribution in [1.82, 2.24) is 9.88 Å². The average Bonchev–Trinajstić information content (AvgIpc) is 3.36. The van der Waals surface area contributed by atoms with Gasteiger partial charge in [0.05, 0.1) is 11.1 Å². The number of fused-ring (bicyclic) bond motifs is 1. The van der Waals surface area contributed by atoms with Crippen LogP contribution in [0.15, 0.2) is 40.8 Å². The largest absolute Gasteiger partial charge is 0.481 e. The van der Waals surface area contributed by atoms with Crippen molar-refractivity contribution in [3.63, 3.8) is 0 Å². The lowest BCUT2D eigenvalue weighted by atomic mass is 9.67. The molecule has 2 fully saturated rings. The molecule has 3 aromatic rings. The van der Waals surface area contributed by atoms with Gasteiger partial charge in [-0.05, 0) is 82.9 Å². The van der Waals surface area contributed by atoms with Gasteiger partial charge in [0.25, 0.3) is 5.91 Å². The number of aliphatic carboxylic acids is 1. The van der Waals surface area contributed by atoms with E-state index in [4.69, 9.17) is 21.0 Å². The van der Waals surface area contributed by atoms with Crippen molar-refractivity contribution in [2.24, 2.45) is 17.3 Å². The second kappa shape index (κ2) is 10.8. The number of rotatable bonds is 5. The van der Waals surface area contributed by atoms with Crippen LogP contribution in [0.5, 0.6) is 0 Å². The van der Waals surface area contributed by atoms with Gasteiger partial charge >= 0.3 is 5.97 Å². The molecule has 0 spiro atoms. The lowest BCUT2D eigenvalue weighted by Crippen LogP contribution is -2.54. The molecule has 1 aliphatic heterocycles. The quantitative estimate of drug-likeness (QED) is 0.323. The number of carboxylic acids is 1. The number of furan rings is 1. The molecule has 7 nitrogen and oxygen atoms in total. The summed E-state index contributed by atoms with van der Waals surface area (Å²) in [7, 11) is 0. The zero-order chi connectivity index (χ0) is 30.6. The number of Topliss-reactive ketones (excluding diaryl/α,β-unsaturated/α-hetero) is 1. The predicted octanol–water partition coefficient (Wildman–Crippen LogP) is 7.93. The summed E-state index contributed by atoms with van der Waals surface area (Å²) >= 11 is 6.10. The van der Waals surface area contributed by atoms with Gasteiger partial charge in [0.15, 0.2) is 11.3 Å². The third-order valence-electron chi connectivity index (χ3n) is 9.47. The minimum absolute atomic E-state index is 0.104. The number of hydrogen-bond donors (Lipinski definition) is 1. The number of piperidine rings is 1. The molecule has 1 aromatic carbocycles. The number of aromatic nitrogens is 1. The van der Waals surface area contributed by atoms with E-state index >= 15 is 0 Å². The first-order valence-electron chi connectivity index (χ1n) is 14.9. The Hall–Kier alpha value is -3.19. The van der Waals surface area contributed by atoms with Crippen molar-refractivity contribution in [1.29, 1.82) is 0 Å². The van der Waals surface area contributed by atoms with E-state index in [-0.39, 0.29) is 34.7 Å². The second-order valence-corrected chi connectivity index (χ2v) is 14.6. The van der Waals surface area contributed by atoms with E-state index in [1.165, 1.54) is 0 Å². The summed E-state index contributed by atoms with van der Waals surface area (Å²) in [6.07, 6.45) is 3.43. The molecule has 2 aliphatic rings. The van der Waals surface area contributed by atoms with Crippen LogP contribution in [0.2, 0.25) is 5.02 Å². The van der Waals surface area contributed by atoms with Crippen molar-refractivity contribution in [3.8, 4) is 11.3 Å². The number of halogens is 1. The van der Waals surface area contributed by atoms with Gasteiger partial charge in [-0.25, -0.2) is 4.98 Å². The van der Waals surface area contributed by atoms with Crippen LogP contribution in [0.4, 0.5) is 0 Å². The molecule has 3 heterocycles. The Labute approximate surface area is 252 Å². The molecule has 1 unspecified atom stereocenters. The third kappa shape index (κ3) is 5.72. The first-order valence-corrected chi connectivity index (χ1v) is 15.3. The summed E-state index contributed by atoms with van der Waals surface area (Å²) in [6, 6.07) is 11.3. The molecule has 0 bridgehead atoms. The summed E-state index contributed by atoms with van der Waals surface area (Å²) in [5.74, 6) is -0.762. The highest BCUT2D eigenvalue weighted by Gasteiger charge is 2.45. The molecule has 1 N–H and O–H groups in total. The fraction of sp³-hybridized carbons (Fsp3) is 0.529. The Kier molecular flexibility index (Phi) is 7.80. The maximum atomic E-state index is 13.9. The molecular formula is C34H41ClN2O5. The zero-order valence-corrected chi connectivity index (χ0v) is 26.2. The van der Waals surface area contributed by atoms with Gasteiger partial charge in [0, 0.05) is 46.1 Å². The number of hydrogen-bond acceptors (Lipinski definition) is 5. The maximum Gasteiger partial charge on any atom is 0.309 e. The highest BCUT2D eigenvalue weighted by molar-refractivity contribution is 6.30. The second-order valence-electron chi connectivity index (χ2n) is 14.1. The molecule has 1 atom stereocenters. The van der Waals surface area contributed by atoms with E-state index in [1.807, 2.05) is 49.1 Å². The van der Waals surface area contributed by atoms with Gasteiger partial charge in [-0.2, -0.15) is 0 Å². The van der Waals surface area contributed by atoms with Crippen molar-refractivity contribution in [2.75, 3.05) is 6.54 Å². The van der Waals surface area contributed by atoms with E-state index in [9.17, 15) is 19.5 Å². The summed E-state index contributed by atoms with van der Waals surface area (Å²) in [6.45, 7) is 12.6. The molecule has 8 heteroatoms. The van der Waals surface area contributed by atoms with E-state index in [2.05, 4.69) is 20.8 Å². The number of amides is 1. The van der Waals surface area contributed by atoms with Crippen LogP contribution < -0.4 is 0 Å². The standard InChI is InChI=1S/C34H41ClN2O5/c1-32(2,3)24-17-25(20-7-9-23(35)10-8-20)36-26-18-27(42-29(24)26)30(39)37-16-13-22(19-33(37,4)5)28(38)21-11-14-34(6,15-12-21)31(40)41/h7-10,17-18,21-22H,11-16,19H2,1-6H3,(H,40,41)/t21-,22?,34+. The van der Waals surface area contributed by atoms with Crippen LogP contribution in [0, 0.1) is 17.3 Å². The molecule has 2 aromatic heterocycles. The molecular weight excluding hydrogens is 552 g/mol. The Morgan fingerprint density at radius 3 is 2.21 bits per heavy atom. The van der Waals surface area contributed by atoms with Gasteiger partial charge in [-0.1, -0.05) is 44.5 Å². The Balaban J connectivity index is 1.36. The van der Waals surface area contributed by atoms with Crippen LogP contribution in [0.1, 0.15) is 96.2 Å². The number of carbonyl (C=O) groups is 3. The van der Waals surface area contributed by atoms with Crippen LogP contribution in [-0.2, 0) is 15.0 Å². The average molecular weight is 593 g/mol. The topological polar surface area (TPSA) is 101 Å². The fourth-order valence-electron chi connectivity index (χ4n) is 6.69. The molecule has 1 saturated carbocycles. The van der Waals surface area contributed by atoms with E-state index in [0.29, 0.717) is 61.2 Å². The first-order chi connectivity index (χ1) is 19.6. The van der Waals surface area contributed by atoms with E-state index in [0.717, 1.165) is 16.8 Å². The number of pyridine rings is 1. The summed E-state index contributed by atoms with van der Waals surface area (Å²) in [5.41, 5.74) is 2.38. The molecule has 42 heavy (non-hydrogen) atoms. The minimum Gasteiger partial charge on any atom is -0.481 e. The number of benzene rings is 1. The summed E-state index contributed by atoms with van der Waals surface area (Å²) in [4.78, 5) is 45.7. The summed E-state index contributed by atoms with van der Waals surface area (Å²) < 4.78 is 6.26. The Morgan fingerprint density at radius 1 is 1.00 bits per heavy atom. The molecule has 1 aliphatic carbocycles. The van der Waals surface area contributed by atoms with Crippen LogP contribution in [0.25, 0.3) is 22.4 Å². The van der Waals surface area contributed by atoms with Crippen molar-refractivity contribution >= 4 is 40.4 Å². The normalized spacial score (nSPS) is 24.5. The smallest absolute Gasteiger partial charge is 0.309 e. The summed E-state index contributed by atoms with van der Waals surface area (Å²) in [5, 5.41) is 10.2. The Bertz CT molecular complexity index is 1520. The SMILES string of the molecule is CC(C)(C)c1cc(-c2ccc(Cl)cc2)nc2cc(C(=O)N3CCC(C(=O)[C@H]4CC[C@@](C)(C(=O)O)CC4)CC3(C)C)oc12. The molecule has 1 amide bonds. The van der Waals surface area contributed by atoms with Crippen LogP contribution in [0.3, 0.4) is 0 Å². The van der Waals surface area contributed by atoms with Gasteiger partial charge < -0.3 is 14.4 Å². The molecule has 5 rings (SSSR count). The van der Waals surface area contributed by atoms with E-state index < -0.39 is 16.9 Å². The predicted molar refractivity (Wildman–Crippen MR) is 164 cm³/mol. The maximum absolute atomic E-state index is 13.9.